The normalized spacial score (nSPS) is 11.9. The summed E-state index contributed by atoms with van der Waals surface area (Å²) in [5.74, 6) is -0.296. The molecule has 0 spiro atoms. The molecule has 0 aliphatic rings. The molecule has 1 aromatic heterocycles. The number of rotatable bonds is 6. The van der Waals surface area contributed by atoms with Crippen LogP contribution in [0, 0.1) is 20.8 Å². The number of carbonyl (C=O) groups is 2. The van der Waals surface area contributed by atoms with Crippen LogP contribution in [-0.2, 0) is 9.53 Å². The molecule has 29 heavy (non-hydrogen) atoms. The van der Waals surface area contributed by atoms with Crippen molar-refractivity contribution >= 4 is 22.8 Å². The molecule has 152 valence electrons. The van der Waals surface area contributed by atoms with Crippen molar-refractivity contribution in [2.24, 2.45) is 0 Å². The molecule has 0 unspecified atom stereocenters. The molecule has 0 aliphatic heterocycles. The molecule has 6 heteroatoms. The van der Waals surface area contributed by atoms with Crippen LogP contribution in [0.15, 0.2) is 40.8 Å². The third-order valence-corrected chi connectivity index (χ3v) is 5.07. The van der Waals surface area contributed by atoms with Gasteiger partial charge < -0.3 is 19.2 Å². The van der Waals surface area contributed by atoms with Gasteiger partial charge in [0.15, 0.2) is 6.61 Å². The molecule has 1 heterocycles. The molecule has 3 rings (SSSR count). The van der Waals surface area contributed by atoms with Gasteiger partial charge in [0.05, 0.1) is 13.2 Å². The maximum atomic E-state index is 12.4. The van der Waals surface area contributed by atoms with Crippen LogP contribution in [0.4, 0.5) is 0 Å². The lowest BCUT2D eigenvalue weighted by Crippen LogP contribution is -2.31. The Hall–Kier alpha value is -3.28. The number of hydrogen-bond donors (Lipinski definition) is 1. The summed E-state index contributed by atoms with van der Waals surface area (Å²) in [6, 6.07) is 11.1. The van der Waals surface area contributed by atoms with Gasteiger partial charge >= 0.3 is 5.97 Å². The fraction of sp³-hybridized carbons (Fsp3) is 0.304. The number of furan rings is 1. The van der Waals surface area contributed by atoms with Crippen molar-refractivity contribution in [3.05, 3.63) is 64.4 Å². The van der Waals surface area contributed by atoms with E-state index in [-0.39, 0.29) is 24.3 Å². The first-order valence-corrected chi connectivity index (χ1v) is 9.41. The average molecular weight is 395 g/mol. The average Bonchev–Trinajstić information content (AvgIpc) is 3.04. The molecule has 0 saturated carbocycles. The summed E-state index contributed by atoms with van der Waals surface area (Å²) >= 11 is 0. The molecule has 1 atom stereocenters. The number of carbonyl (C=O) groups excluding carboxylic acids is 2. The number of aryl methyl sites for hydroxylation is 3. The van der Waals surface area contributed by atoms with Crippen molar-refractivity contribution in [1.82, 2.24) is 5.32 Å². The third kappa shape index (κ3) is 4.42. The Morgan fingerprint density at radius 2 is 1.83 bits per heavy atom. The highest BCUT2D eigenvalue weighted by atomic mass is 16.5. The van der Waals surface area contributed by atoms with Crippen molar-refractivity contribution in [2.45, 2.75) is 33.7 Å². The van der Waals surface area contributed by atoms with E-state index in [1.54, 1.807) is 32.2 Å². The van der Waals surface area contributed by atoms with Crippen LogP contribution in [0.2, 0.25) is 0 Å². The molecule has 2 aromatic carbocycles. The molecular weight excluding hydrogens is 370 g/mol. The second-order valence-electron chi connectivity index (χ2n) is 7.13. The molecule has 0 aliphatic carbocycles. The molecule has 0 saturated heterocycles. The van der Waals surface area contributed by atoms with E-state index < -0.39 is 5.97 Å². The first-order chi connectivity index (χ1) is 13.8. The van der Waals surface area contributed by atoms with Crippen LogP contribution >= 0.6 is 0 Å². The maximum Gasteiger partial charge on any atom is 0.375 e. The third-order valence-electron chi connectivity index (χ3n) is 5.07. The molecule has 0 fully saturated rings. The van der Waals surface area contributed by atoms with Gasteiger partial charge in [-0.15, -0.1) is 0 Å². The molecule has 1 amide bonds. The summed E-state index contributed by atoms with van der Waals surface area (Å²) in [7, 11) is 1.57. The Kier molecular flexibility index (Phi) is 5.92. The second-order valence-corrected chi connectivity index (χ2v) is 7.13. The first-order valence-electron chi connectivity index (χ1n) is 9.41. The van der Waals surface area contributed by atoms with Gasteiger partial charge in [-0.1, -0.05) is 18.2 Å². The summed E-state index contributed by atoms with van der Waals surface area (Å²) in [5.41, 5.74) is 4.55. The Morgan fingerprint density at radius 3 is 2.52 bits per heavy atom. The van der Waals surface area contributed by atoms with Crippen LogP contribution < -0.4 is 10.1 Å². The number of fused-ring (bicyclic) bond motifs is 1. The van der Waals surface area contributed by atoms with Gasteiger partial charge in [0.25, 0.3) is 5.91 Å². The summed E-state index contributed by atoms with van der Waals surface area (Å²) in [4.78, 5) is 24.6. The number of benzene rings is 2. The summed E-state index contributed by atoms with van der Waals surface area (Å²) in [5, 5.41) is 3.61. The second kappa shape index (κ2) is 8.39. The highest BCUT2D eigenvalue weighted by Gasteiger charge is 2.21. The van der Waals surface area contributed by atoms with Crippen LogP contribution in [0.1, 0.15) is 45.8 Å². The predicted octanol–water partition coefficient (Wildman–Crippen LogP) is 4.40. The van der Waals surface area contributed by atoms with E-state index in [9.17, 15) is 9.59 Å². The van der Waals surface area contributed by atoms with E-state index in [4.69, 9.17) is 13.9 Å². The molecule has 0 bridgehead atoms. The molecule has 3 aromatic rings. The fourth-order valence-electron chi connectivity index (χ4n) is 3.12. The lowest BCUT2D eigenvalue weighted by atomic mass is 10.0. The Bertz CT molecular complexity index is 1070. The Morgan fingerprint density at radius 1 is 1.07 bits per heavy atom. The van der Waals surface area contributed by atoms with Gasteiger partial charge in [0.2, 0.25) is 5.76 Å². The topological polar surface area (TPSA) is 77.8 Å². The minimum Gasteiger partial charge on any atom is -0.497 e. The van der Waals surface area contributed by atoms with E-state index in [0.717, 1.165) is 16.5 Å². The maximum absolute atomic E-state index is 12.4. The SMILES string of the molecule is COc1ccc2oc(C(=O)OCC(=O)N[C@@H](C)c3ccc(C)c(C)c3)c(C)c2c1. The van der Waals surface area contributed by atoms with Crippen molar-refractivity contribution < 1.29 is 23.5 Å². The van der Waals surface area contributed by atoms with Gasteiger partial charge in [-0.25, -0.2) is 4.79 Å². The van der Waals surface area contributed by atoms with Gasteiger partial charge in [-0.3, -0.25) is 4.79 Å². The largest absolute Gasteiger partial charge is 0.497 e. The molecule has 6 nitrogen and oxygen atoms in total. The van der Waals surface area contributed by atoms with Crippen LogP contribution in [0.5, 0.6) is 5.75 Å². The zero-order valence-electron chi connectivity index (χ0n) is 17.3. The lowest BCUT2D eigenvalue weighted by Gasteiger charge is -2.15. The minimum absolute atomic E-state index is 0.0864. The van der Waals surface area contributed by atoms with E-state index in [2.05, 4.69) is 5.32 Å². The van der Waals surface area contributed by atoms with Gasteiger partial charge in [0.1, 0.15) is 11.3 Å². The highest BCUT2D eigenvalue weighted by molar-refractivity contribution is 5.97. The van der Waals surface area contributed by atoms with Crippen molar-refractivity contribution in [3.63, 3.8) is 0 Å². The van der Waals surface area contributed by atoms with Crippen LogP contribution in [-0.4, -0.2) is 25.6 Å². The van der Waals surface area contributed by atoms with E-state index in [0.29, 0.717) is 16.9 Å². The standard InChI is InChI=1S/C23H25NO5/c1-13-6-7-17(10-14(13)2)16(4)24-21(25)12-28-23(26)22-15(3)19-11-18(27-5)8-9-20(19)29-22/h6-11,16H,12H2,1-5H3,(H,24,25)/t16-/m0/s1. The smallest absolute Gasteiger partial charge is 0.375 e. The number of ether oxygens (including phenoxy) is 2. The van der Waals surface area contributed by atoms with Crippen molar-refractivity contribution in [3.8, 4) is 5.75 Å². The van der Waals surface area contributed by atoms with Crippen molar-refractivity contribution in [2.75, 3.05) is 13.7 Å². The fourth-order valence-corrected chi connectivity index (χ4v) is 3.12. The van der Waals surface area contributed by atoms with Crippen LogP contribution in [0.25, 0.3) is 11.0 Å². The van der Waals surface area contributed by atoms with Gasteiger partial charge in [-0.05, 0) is 62.6 Å². The summed E-state index contributed by atoms with van der Waals surface area (Å²) in [6.45, 7) is 7.34. The zero-order chi connectivity index (χ0) is 21.1. The zero-order valence-corrected chi connectivity index (χ0v) is 17.3. The predicted molar refractivity (Wildman–Crippen MR) is 110 cm³/mol. The lowest BCUT2D eigenvalue weighted by molar-refractivity contribution is -0.124. The number of methoxy groups -OCH3 is 1. The quantitative estimate of drug-likeness (QED) is 0.626. The van der Waals surface area contributed by atoms with Gasteiger partial charge in [-0.2, -0.15) is 0 Å². The minimum atomic E-state index is -0.674. The first kappa shape index (κ1) is 20.5. The highest BCUT2D eigenvalue weighted by Crippen LogP contribution is 2.29. The Labute approximate surface area is 169 Å². The summed E-state index contributed by atoms with van der Waals surface area (Å²) < 4.78 is 16.0. The molecular formula is C23H25NO5. The Balaban J connectivity index is 1.62. The summed E-state index contributed by atoms with van der Waals surface area (Å²) in [6.07, 6.45) is 0. The molecule has 1 N–H and O–H groups in total. The monoisotopic (exact) mass is 395 g/mol. The van der Waals surface area contributed by atoms with Crippen LogP contribution in [0.3, 0.4) is 0 Å². The van der Waals surface area contributed by atoms with E-state index in [1.165, 1.54) is 5.56 Å². The van der Waals surface area contributed by atoms with Crippen molar-refractivity contribution in [1.29, 1.82) is 0 Å². The number of esters is 1. The van der Waals surface area contributed by atoms with E-state index >= 15 is 0 Å². The number of hydrogen-bond acceptors (Lipinski definition) is 5. The molecule has 0 radical (unpaired) electrons. The number of nitrogens with one attached hydrogen (secondary N) is 1. The van der Waals surface area contributed by atoms with E-state index in [1.807, 2.05) is 39.0 Å². The number of amides is 1. The van der Waals surface area contributed by atoms with Gasteiger partial charge in [0, 0.05) is 10.9 Å².